The molecule has 9 nitrogen and oxygen atoms in total. The Morgan fingerprint density at radius 2 is 2.22 bits per heavy atom. The van der Waals surface area contributed by atoms with Crippen LogP contribution in [0.3, 0.4) is 0 Å². The molecular formula is C9H13N5O4. The quantitative estimate of drug-likeness (QED) is 0.444. The Balaban J connectivity index is 2.23. The SMILES string of the molecule is NNc1ncnc(OC2CCOCC2)c1[N+](=O)[O-]. The molecule has 98 valence electrons. The highest BCUT2D eigenvalue weighted by Gasteiger charge is 2.27. The summed E-state index contributed by atoms with van der Waals surface area (Å²) in [4.78, 5) is 17.8. The fraction of sp³-hybridized carbons (Fsp3) is 0.556. The van der Waals surface area contributed by atoms with Crippen LogP contribution >= 0.6 is 0 Å². The van der Waals surface area contributed by atoms with E-state index < -0.39 is 4.92 Å². The highest BCUT2D eigenvalue weighted by molar-refractivity contribution is 5.60. The van der Waals surface area contributed by atoms with E-state index in [4.69, 9.17) is 15.3 Å². The average molecular weight is 255 g/mol. The van der Waals surface area contributed by atoms with Crippen LogP contribution in [-0.4, -0.2) is 34.2 Å². The van der Waals surface area contributed by atoms with Gasteiger partial charge in [-0.2, -0.15) is 4.98 Å². The molecule has 2 rings (SSSR count). The molecule has 1 aliphatic rings. The van der Waals surface area contributed by atoms with Gasteiger partial charge in [0.25, 0.3) is 5.88 Å². The molecular weight excluding hydrogens is 242 g/mol. The van der Waals surface area contributed by atoms with Gasteiger partial charge in [0.15, 0.2) is 0 Å². The Hall–Kier alpha value is -2.00. The van der Waals surface area contributed by atoms with Gasteiger partial charge >= 0.3 is 5.69 Å². The molecule has 2 heterocycles. The number of aromatic nitrogens is 2. The zero-order valence-corrected chi connectivity index (χ0v) is 9.54. The molecule has 0 saturated carbocycles. The van der Waals surface area contributed by atoms with Crippen molar-refractivity contribution in [3.63, 3.8) is 0 Å². The summed E-state index contributed by atoms with van der Waals surface area (Å²) in [7, 11) is 0. The Bertz CT molecular complexity index is 435. The van der Waals surface area contributed by atoms with Gasteiger partial charge in [-0.05, 0) is 0 Å². The highest BCUT2D eigenvalue weighted by atomic mass is 16.6. The fourth-order valence-corrected chi connectivity index (χ4v) is 1.67. The van der Waals surface area contributed by atoms with Gasteiger partial charge in [-0.15, -0.1) is 0 Å². The zero-order valence-electron chi connectivity index (χ0n) is 9.54. The first-order chi connectivity index (χ1) is 8.72. The number of nitrogens with two attached hydrogens (primary N) is 1. The molecule has 0 spiro atoms. The van der Waals surface area contributed by atoms with E-state index in [9.17, 15) is 10.1 Å². The van der Waals surface area contributed by atoms with E-state index in [0.29, 0.717) is 26.1 Å². The molecule has 1 fully saturated rings. The standard InChI is InChI=1S/C9H13N5O4/c10-13-8-7(14(15)16)9(12-5-11-8)18-6-1-3-17-4-2-6/h5-6H,1-4,10H2,(H,11,12,13). The van der Waals surface area contributed by atoms with Gasteiger partial charge in [0.1, 0.15) is 12.4 Å². The van der Waals surface area contributed by atoms with Crippen LogP contribution in [0.1, 0.15) is 12.8 Å². The molecule has 0 unspecified atom stereocenters. The summed E-state index contributed by atoms with van der Waals surface area (Å²) in [6, 6.07) is 0. The van der Waals surface area contributed by atoms with E-state index in [1.807, 2.05) is 0 Å². The fourth-order valence-electron chi connectivity index (χ4n) is 1.67. The van der Waals surface area contributed by atoms with Crippen molar-refractivity contribution in [3.05, 3.63) is 16.4 Å². The Kier molecular flexibility index (Phi) is 3.85. The topological polar surface area (TPSA) is 125 Å². The molecule has 0 atom stereocenters. The average Bonchev–Trinajstić information content (AvgIpc) is 2.39. The summed E-state index contributed by atoms with van der Waals surface area (Å²) in [5, 5.41) is 11.0. The maximum absolute atomic E-state index is 11.0. The third kappa shape index (κ3) is 2.63. The summed E-state index contributed by atoms with van der Waals surface area (Å²) >= 11 is 0. The number of rotatable bonds is 4. The Labute approximate surface area is 102 Å². The molecule has 9 heteroatoms. The van der Waals surface area contributed by atoms with Gasteiger partial charge in [0.05, 0.1) is 18.1 Å². The Morgan fingerprint density at radius 3 is 2.83 bits per heavy atom. The Morgan fingerprint density at radius 1 is 1.50 bits per heavy atom. The van der Waals surface area contributed by atoms with E-state index in [1.165, 1.54) is 0 Å². The number of anilines is 1. The van der Waals surface area contributed by atoms with Crippen LogP contribution in [0.2, 0.25) is 0 Å². The van der Waals surface area contributed by atoms with Crippen molar-refractivity contribution in [1.82, 2.24) is 9.97 Å². The van der Waals surface area contributed by atoms with Crippen LogP contribution in [0.25, 0.3) is 0 Å². The van der Waals surface area contributed by atoms with Gasteiger partial charge in [-0.25, -0.2) is 10.8 Å². The molecule has 1 aliphatic heterocycles. The van der Waals surface area contributed by atoms with Crippen molar-refractivity contribution < 1.29 is 14.4 Å². The second-order valence-corrected chi connectivity index (χ2v) is 3.71. The number of nitro groups is 1. The molecule has 1 aromatic heterocycles. The summed E-state index contributed by atoms with van der Waals surface area (Å²) < 4.78 is 10.7. The number of nitrogens with one attached hydrogen (secondary N) is 1. The first-order valence-electron chi connectivity index (χ1n) is 5.42. The summed E-state index contributed by atoms with van der Waals surface area (Å²) in [5.74, 6) is 5.02. The minimum absolute atomic E-state index is 0.0722. The number of hydrazine groups is 1. The first kappa shape index (κ1) is 12.5. The molecule has 0 radical (unpaired) electrons. The molecule has 0 aromatic carbocycles. The lowest BCUT2D eigenvalue weighted by molar-refractivity contribution is -0.385. The third-order valence-corrected chi connectivity index (χ3v) is 2.55. The number of ether oxygens (including phenoxy) is 2. The molecule has 0 aliphatic carbocycles. The van der Waals surface area contributed by atoms with Crippen molar-refractivity contribution in [2.75, 3.05) is 18.6 Å². The minimum Gasteiger partial charge on any atom is -0.469 e. The number of hydrogen-bond acceptors (Lipinski definition) is 8. The smallest absolute Gasteiger partial charge is 0.374 e. The highest BCUT2D eigenvalue weighted by Crippen LogP contribution is 2.31. The van der Waals surface area contributed by atoms with Crippen molar-refractivity contribution in [2.24, 2.45) is 5.84 Å². The van der Waals surface area contributed by atoms with Crippen molar-refractivity contribution >= 4 is 11.5 Å². The lowest BCUT2D eigenvalue weighted by Gasteiger charge is -2.22. The summed E-state index contributed by atoms with van der Waals surface area (Å²) in [6.07, 6.45) is 2.37. The maximum Gasteiger partial charge on any atom is 0.374 e. The molecule has 0 amide bonds. The maximum atomic E-state index is 11.0. The second kappa shape index (κ2) is 5.56. The van der Waals surface area contributed by atoms with Crippen LogP contribution in [0.15, 0.2) is 6.33 Å². The number of nitrogens with zero attached hydrogens (tertiary/aromatic N) is 3. The molecule has 3 N–H and O–H groups in total. The summed E-state index contributed by atoms with van der Waals surface area (Å²) in [6.45, 7) is 1.15. The molecule has 1 aromatic rings. The number of hydrogen-bond donors (Lipinski definition) is 2. The zero-order chi connectivity index (χ0) is 13.0. The van der Waals surface area contributed by atoms with E-state index in [2.05, 4.69) is 15.4 Å². The van der Waals surface area contributed by atoms with Crippen LogP contribution in [0.5, 0.6) is 5.88 Å². The monoisotopic (exact) mass is 255 g/mol. The molecule has 18 heavy (non-hydrogen) atoms. The summed E-state index contributed by atoms with van der Waals surface area (Å²) in [5.41, 5.74) is 1.80. The van der Waals surface area contributed by atoms with E-state index in [0.717, 1.165) is 6.33 Å². The first-order valence-corrected chi connectivity index (χ1v) is 5.42. The molecule has 0 bridgehead atoms. The largest absolute Gasteiger partial charge is 0.469 e. The molecule has 1 saturated heterocycles. The van der Waals surface area contributed by atoms with Crippen molar-refractivity contribution in [1.29, 1.82) is 0 Å². The van der Waals surface area contributed by atoms with Crippen molar-refractivity contribution in [2.45, 2.75) is 18.9 Å². The predicted molar refractivity (Wildman–Crippen MR) is 61.0 cm³/mol. The van der Waals surface area contributed by atoms with Gasteiger partial charge in [-0.3, -0.25) is 10.1 Å². The minimum atomic E-state index is -0.621. The van der Waals surface area contributed by atoms with E-state index in [-0.39, 0.29) is 23.5 Å². The van der Waals surface area contributed by atoms with Crippen molar-refractivity contribution in [3.8, 4) is 5.88 Å². The van der Waals surface area contributed by atoms with Gasteiger partial charge in [0, 0.05) is 12.8 Å². The van der Waals surface area contributed by atoms with Crippen LogP contribution in [-0.2, 0) is 4.74 Å². The van der Waals surface area contributed by atoms with Gasteiger partial charge in [0.2, 0.25) is 5.82 Å². The van der Waals surface area contributed by atoms with Crippen LogP contribution < -0.4 is 16.0 Å². The number of nitrogen functional groups attached to an aromatic ring is 1. The third-order valence-electron chi connectivity index (χ3n) is 2.55. The van der Waals surface area contributed by atoms with E-state index in [1.54, 1.807) is 0 Å². The predicted octanol–water partition coefficient (Wildman–Crippen LogP) is 0.228. The van der Waals surface area contributed by atoms with Crippen LogP contribution in [0, 0.1) is 10.1 Å². The second-order valence-electron chi connectivity index (χ2n) is 3.71. The van der Waals surface area contributed by atoms with Gasteiger partial charge in [-0.1, -0.05) is 0 Å². The lowest BCUT2D eigenvalue weighted by Crippen LogP contribution is -2.26. The lowest BCUT2D eigenvalue weighted by atomic mass is 10.1. The normalized spacial score (nSPS) is 16.3. The van der Waals surface area contributed by atoms with E-state index >= 15 is 0 Å². The van der Waals surface area contributed by atoms with Crippen LogP contribution in [0.4, 0.5) is 11.5 Å². The van der Waals surface area contributed by atoms with Gasteiger partial charge < -0.3 is 14.9 Å².